The molecule has 28 heavy (non-hydrogen) atoms. The summed E-state index contributed by atoms with van der Waals surface area (Å²) >= 11 is 6.09. The fourth-order valence-corrected chi connectivity index (χ4v) is 2.90. The number of halogens is 1. The van der Waals surface area contributed by atoms with Gasteiger partial charge in [-0.2, -0.15) is 5.26 Å². The van der Waals surface area contributed by atoms with Crippen LogP contribution in [0.3, 0.4) is 0 Å². The second-order valence-electron chi connectivity index (χ2n) is 5.95. The molecule has 0 radical (unpaired) electrons. The molecule has 4 N–H and O–H groups in total. The summed E-state index contributed by atoms with van der Waals surface area (Å²) in [6.45, 7) is 4.84. The van der Waals surface area contributed by atoms with Crippen molar-refractivity contribution in [1.29, 1.82) is 5.26 Å². The van der Waals surface area contributed by atoms with Crippen LogP contribution in [0.1, 0.15) is 30.4 Å². The molecule has 0 amide bonds. The Kier molecular flexibility index (Phi) is 7.44. The standard InChI is InChI=1S/C13H16ClN3O.C6H6N4/c1-2-11-16-10-6-3-5-9(14)12(10)13(18)17(11)8-4-7-15;1-4-5(2-7)6(8)10-3-9-4/h3,5-6H,2,4,7-8,15H2,1H3;3H,1H3,(H2,8,9,10). The fourth-order valence-electron chi connectivity index (χ4n) is 2.65. The Hall–Kier alpha value is -3.02. The lowest BCUT2D eigenvalue weighted by atomic mass is 10.2. The summed E-state index contributed by atoms with van der Waals surface area (Å²) in [4.78, 5) is 24.4. The van der Waals surface area contributed by atoms with Crippen molar-refractivity contribution < 1.29 is 0 Å². The van der Waals surface area contributed by atoms with Crippen molar-refractivity contribution in [3.63, 3.8) is 0 Å². The summed E-state index contributed by atoms with van der Waals surface area (Å²) < 4.78 is 1.68. The lowest BCUT2D eigenvalue weighted by Gasteiger charge is -2.12. The zero-order valence-corrected chi connectivity index (χ0v) is 16.6. The van der Waals surface area contributed by atoms with Gasteiger partial charge in [-0.15, -0.1) is 0 Å². The second kappa shape index (κ2) is 9.78. The Morgan fingerprint density at radius 2 is 2.07 bits per heavy atom. The first-order chi connectivity index (χ1) is 13.4. The minimum absolute atomic E-state index is 0.0732. The van der Waals surface area contributed by atoms with E-state index in [2.05, 4.69) is 15.0 Å². The van der Waals surface area contributed by atoms with Crippen molar-refractivity contribution >= 4 is 28.3 Å². The van der Waals surface area contributed by atoms with Gasteiger partial charge < -0.3 is 11.5 Å². The monoisotopic (exact) mass is 399 g/mol. The highest BCUT2D eigenvalue weighted by Gasteiger charge is 2.11. The first kappa shape index (κ1) is 21.3. The third-order valence-electron chi connectivity index (χ3n) is 4.09. The Morgan fingerprint density at radius 1 is 1.32 bits per heavy atom. The molecule has 2 heterocycles. The van der Waals surface area contributed by atoms with Gasteiger partial charge in [-0.3, -0.25) is 9.36 Å². The lowest BCUT2D eigenvalue weighted by Crippen LogP contribution is -2.26. The Morgan fingerprint density at radius 3 is 2.64 bits per heavy atom. The minimum atomic E-state index is -0.0732. The number of nitriles is 1. The van der Waals surface area contributed by atoms with E-state index in [4.69, 9.17) is 28.3 Å². The van der Waals surface area contributed by atoms with Gasteiger partial charge in [-0.05, 0) is 32.0 Å². The first-order valence-electron chi connectivity index (χ1n) is 8.79. The molecule has 3 rings (SSSR count). The molecule has 2 aromatic heterocycles. The highest BCUT2D eigenvalue weighted by atomic mass is 35.5. The smallest absolute Gasteiger partial charge is 0.262 e. The van der Waals surface area contributed by atoms with Crippen LogP contribution >= 0.6 is 11.6 Å². The average molecular weight is 400 g/mol. The summed E-state index contributed by atoms with van der Waals surface area (Å²) in [7, 11) is 0. The fraction of sp³-hybridized carbons (Fsp3) is 0.316. The predicted octanol–water partition coefficient (Wildman–Crippen LogP) is 2.20. The van der Waals surface area contributed by atoms with E-state index in [1.54, 1.807) is 23.6 Å². The lowest BCUT2D eigenvalue weighted by molar-refractivity contribution is 0.593. The van der Waals surface area contributed by atoms with Crippen molar-refractivity contribution in [2.45, 2.75) is 33.2 Å². The maximum atomic E-state index is 12.4. The van der Waals surface area contributed by atoms with Crippen LogP contribution in [0, 0.1) is 18.3 Å². The molecule has 9 heteroatoms. The molecule has 0 saturated heterocycles. The van der Waals surface area contributed by atoms with Gasteiger partial charge in [0.15, 0.2) is 0 Å². The number of hydrogen-bond acceptors (Lipinski definition) is 7. The molecule has 146 valence electrons. The van der Waals surface area contributed by atoms with Gasteiger partial charge in [-0.1, -0.05) is 24.6 Å². The first-order valence-corrected chi connectivity index (χ1v) is 9.17. The highest BCUT2D eigenvalue weighted by molar-refractivity contribution is 6.35. The van der Waals surface area contributed by atoms with Gasteiger partial charge in [0, 0.05) is 13.0 Å². The average Bonchev–Trinajstić information content (AvgIpc) is 2.67. The molecule has 0 fully saturated rings. The molecular weight excluding hydrogens is 378 g/mol. The molecule has 0 atom stereocenters. The predicted molar refractivity (Wildman–Crippen MR) is 110 cm³/mol. The molecule has 0 aliphatic rings. The van der Waals surface area contributed by atoms with E-state index in [0.29, 0.717) is 46.7 Å². The van der Waals surface area contributed by atoms with Crippen LogP contribution in [0.5, 0.6) is 0 Å². The molecule has 0 spiro atoms. The third-order valence-corrected chi connectivity index (χ3v) is 4.41. The van der Waals surface area contributed by atoms with Gasteiger partial charge in [0.05, 0.1) is 21.6 Å². The normalized spacial score (nSPS) is 10.2. The van der Waals surface area contributed by atoms with Crippen LogP contribution in [-0.4, -0.2) is 26.1 Å². The minimum Gasteiger partial charge on any atom is -0.382 e. The van der Waals surface area contributed by atoms with Gasteiger partial charge in [-0.25, -0.2) is 15.0 Å². The topological polar surface area (TPSA) is 136 Å². The zero-order valence-electron chi connectivity index (χ0n) is 15.8. The molecule has 3 aromatic rings. The molecule has 0 unspecified atom stereocenters. The summed E-state index contributed by atoms with van der Waals surface area (Å²) in [6, 6.07) is 7.25. The van der Waals surface area contributed by atoms with E-state index in [1.165, 1.54) is 6.33 Å². The van der Waals surface area contributed by atoms with Crippen LogP contribution in [0.25, 0.3) is 10.9 Å². The maximum Gasteiger partial charge on any atom is 0.262 e. The Labute approximate surface area is 167 Å². The molecule has 0 aliphatic heterocycles. The molecule has 1 aromatic carbocycles. The number of aryl methyl sites for hydroxylation is 2. The Bertz CT molecular complexity index is 1050. The summed E-state index contributed by atoms with van der Waals surface area (Å²) in [6.07, 6.45) is 2.80. The Balaban J connectivity index is 0.000000237. The molecule has 8 nitrogen and oxygen atoms in total. The molecular formula is C19H22ClN7O. The van der Waals surface area contributed by atoms with Crippen LogP contribution in [0.2, 0.25) is 5.02 Å². The van der Waals surface area contributed by atoms with Crippen molar-refractivity contribution in [2.24, 2.45) is 5.73 Å². The van der Waals surface area contributed by atoms with Crippen molar-refractivity contribution in [1.82, 2.24) is 19.5 Å². The quantitative estimate of drug-likeness (QED) is 0.685. The van der Waals surface area contributed by atoms with E-state index in [0.717, 1.165) is 12.2 Å². The van der Waals surface area contributed by atoms with Gasteiger partial charge in [0.1, 0.15) is 29.6 Å². The van der Waals surface area contributed by atoms with Crippen LogP contribution < -0.4 is 17.0 Å². The largest absolute Gasteiger partial charge is 0.382 e. The zero-order chi connectivity index (χ0) is 20.7. The number of nitrogens with two attached hydrogens (primary N) is 2. The maximum absolute atomic E-state index is 12.4. The van der Waals surface area contributed by atoms with Crippen LogP contribution in [0.4, 0.5) is 5.82 Å². The highest BCUT2D eigenvalue weighted by Crippen LogP contribution is 2.19. The van der Waals surface area contributed by atoms with Crippen molar-refractivity contribution in [3.05, 3.63) is 57.0 Å². The van der Waals surface area contributed by atoms with E-state index in [9.17, 15) is 4.79 Å². The van der Waals surface area contributed by atoms with E-state index in [-0.39, 0.29) is 11.4 Å². The van der Waals surface area contributed by atoms with E-state index < -0.39 is 0 Å². The van der Waals surface area contributed by atoms with Gasteiger partial charge in [0.2, 0.25) is 0 Å². The number of aromatic nitrogens is 4. The number of rotatable bonds is 4. The SMILES string of the molecule is CCc1nc2cccc(Cl)c2c(=O)n1CCCN.Cc1ncnc(N)c1C#N. The summed E-state index contributed by atoms with van der Waals surface area (Å²) in [5.41, 5.74) is 12.4. The molecule has 0 aliphatic carbocycles. The summed E-state index contributed by atoms with van der Waals surface area (Å²) in [5.74, 6) is 1.03. The number of anilines is 1. The second-order valence-corrected chi connectivity index (χ2v) is 6.35. The molecule has 0 saturated carbocycles. The van der Waals surface area contributed by atoms with Crippen molar-refractivity contribution in [3.8, 4) is 6.07 Å². The third kappa shape index (κ3) is 4.63. The number of benzene rings is 1. The number of fused-ring (bicyclic) bond motifs is 1. The number of hydrogen-bond donors (Lipinski definition) is 2. The van der Waals surface area contributed by atoms with E-state index >= 15 is 0 Å². The van der Waals surface area contributed by atoms with Crippen LogP contribution in [0.15, 0.2) is 29.3 Å². The van der Waals surface area contributed by atoms with E-state index in [1.807, 2.05) is 19.1 Å². The van der Waals surface area contributed by atoms with Crippen LogP contribution in [-0.2, 0) is 13.0 Å². The number of nitrogens with zero attached hydrogens (tertiary/aromatic N) is 5. The van der Waals surface area contributed by atoms with Gasteiger partial charge in [0.25, 0.3) is 5.56 Å². The number of nitrogen functional groups attached to an aromatic ring is 1. The summed E-state index contributed by atoms with van der Waals surface area (Å²) in [5, 5.41) is 9.44. The van der Waals surface area contributed by atoms with Crippen molar-refractivity contribution in [2.75, 3.05) is 12.3 Å². The van der Waals surface area contributed by atoms with Gasteiger partial charge >= 0.3 is 0 Å². The molecule has 0 bridgehead atoms.